The molecule has 0 spiro atoms. The van der Waals surface area contributed by atoms with E-state index in [1.165, 1.54) is 12.1 Å². The summed E-state index contributed by atoms with van der Waals surface area (Å²) in [5.74, 6) is -1.57. The molecule has 3 rings (SSSR count). The Hall–Kier alpha value is -2.77. The van der Waals surface area contributed by atoms with Crippen LogP contribution in [-0.2, 0) is 4.79 Å². The Bertz CT molecular complexity index is 949. The zero-order chi connectivity index (χ0) is 18.7. The standard InChI is InChI=1S/C19H19BFN3O2/c1-20(26)15-6-14(7-16(21)9-15)18(10-22)19(25)24-17-3-2-13-11-23-5-4-12(13)8-17/h2-9,11,18,26H,10,22H2,1H3,(H,24,25). The number of nitrogens with zero attached hydrogens (tertiary/aromatic N) is 1. The van der Waals surface area contributed by atoms with Crippen molar-refractivity contribution in [1.82, 2.24) is 4.98 Å². The first-order valence-corrected chi connectivity index (χ1v) is 8.31. The fourth-order valence-corrected chi connectivity index (χ4v) is 2.86. The predicted octanol–water partition coefficient (Wildman–Crippen LogP) is 1.88. The fourth-order valence-electron chi connectivity index (χ4n) is 2.86. The topological polar surface area (TPSA) is 88.2 Å². The number of hydrogen-bond acceptors (Lipinski definition) is 4. The quantitative estimate of drug-likeness (QED) is 0.613. The molecule has 0 radical (unpaired) electrons. The molecular formula is C19H19BFN3O2. The number of carbonyl (C=O) groups excluding carboxylic acids is 1. The van der Waals surface area contributed by atoms with E-state index in [1.807, 2.05) is 18.2 Å². The van der Waals surface area contributed by atoms with E-state index in [-0.39, 0.29) is 12.5 Å². The highest BCUT2D eigenvalue weighted by molar-refractivity contribution is 6.64. The van der Waals surface area contributed by atoms with Crippen molar-refractivity contribution in [3.8, 4) is 0 Å². The van der Waals surface area contributed by atoms with Gasteiger partial charge in [-0.3, -0.25) is 9.78 Å². The lowest BCUT2D eigenvalue weighted by Gasteiger charge is -2.17. The lowest BCUT2D eigenvalue weighted by Crippen LogP contribution is -2.31. The summed E-state index contributed by atoms with van der Waals surface area (Å²) in [5, 5.41) is 14.4. The molecule has 0 fully saturated rings. The number of hydrogen-bond donors (Lipinski definition) is 3. The number of nitrogens with two attached hydrogens (primary N) is 1. The minimum atomic E-state index is -0.833. The molecule has 0 saturated heterocycles. The number of aromatic nitrogens is 1. The van der Waals surface area contributed by atoms with Crippen molar-refractivity contribution in [3.05, 3.63) is 66.2 Å². The molecule has 4 N–H and O–H groups in total. The SMILES string of the molecule is CB(O)c1cc(F)cc(C(CN)C(=O)Nc2ccc3cnccc3c2)c1. The molecule has 7 heteroatoms. The molecular weight excluding hydrogens is 332 g/mol. The van der Waals surface area contributed by atoms with Crippen LogP contribution in [0.3, 0.4) is 0 Å². The van der Waals surface area contributed by atoms with Gasteiger partial charge in [0, 0.05) is 30.0 Å². The zero-order valence-electron chi connectivity index (χ0n) is 14.3. The second-order valence-corrected chi connectivity index (χ2v) is 6.21. The third kappa shape index (κ3) is 3.90. The summed E-state index contributed by atoms with van der Waals surface area (Å²) in [6.07, 6.45) is 3.43. The third-order valence-electron chi connectivity index (χ3n) is 4.29. The average Bonchev–Trinajstić information content (AvgIpc) is 2.61. The molecule has 1 amide bonds. The fraction of sp³-hybridized carbons (Fsp3) is 0.158. The maximum absolute atomic E-state index is 13.9. The normalized spacial score (nSPS) is 12.0. The average molecular weight is 351 g/mol. The van der Waals surface area contributed by atoms with E-state index in [1.54, 1.807) is 31.3 Å². The molecule has 3 aromatic rings. The van der Waals surface area contributed by atoms with E-state index < -0.39 is 18.7 Å². The first kappa shape index (κ1) is 18.0. The maximum Gasteiger partial charge on any atom is 0.320 e. The second kappa shape index (κ2) is 7.64. The Morgan fingerprint density at radius 3 is 2.81 bits per heavy atom. The van der Waals surface area contributed by atoms with Gasteiger partial charge in [0.1, 0.15) is 5.82 Å². The Labute approximate surface area is 151 Å². The van der Waals surface area contributed by atoms with Crippen molar-refractivity contribution in [3.63, 3.8) is 0 Å². The Morgan fingerprint density at radius 2 is 2.08 bits per heavy atom. The minimum absolute atomic E-state index is 0.0199. The number of anilines is 1. The number of amides is 1. The van der Waals surface area contributed by atoms with Gasteiger partial charge in [-0.05, 0) is 46.7 Å². The maximum atomic E-state index is 13.9. The summed E-state index contributed by atoms with van der Waals surface area (Å²) in [7, 11) is 0. The molecule has 1 atom stereocenters. The van der Waals surface area contributed by atoms with E-state index in [4.69, 9.17) is 5.73 Å². The van der Waals surface area contributed by atoms with Gasteiger partial charge in [-0.25, -0.2) is 4.39 Å². The molecule has 26 heavy (non-hydrogen) atoms. The van der Waals surface area contributed by atoms with Gasteiger partial charge in [0.05, 0.1) is 5.92 Å². The van der Waals surface area contributed by atoms with Crippen molar-refractivity contribution in [2.45, 2.75) is 12.7 Å². The van der Waals surface area contributed by atoms with Gasteiger partial charge >= 0.3 is 6.92 Å². The van der Waals surface area contributed by atoms with Crippen molar-refractivity contribution in [2.75, 3.05) is 11.9 Å². The summed E-state index contributed by atoms with van der Waals surface area (Å²) in [5.41, 5.74) is 7.24. The van der Waals surface area contributed by atoms with Crippen molar-refractivity contribution in [1.29, 1.82) is 0 Å². The largest absolute Gasteiger partial charge is 0.446 e. The molecule has 1 aromatic heterocycles. The number of benzene rings is 2. The van der Waals surface area contributed by atoms with Crippen LogP contribution >= 0.6 is 0 Å². The van der Waals surface area contributed by atoms with Gasteiger partial charge in [0.25, 0.3) is 0 Å². The van der Waals surface area contributed by atoms with E-state index in [2.05, 4.69) is 10.3 Å². The first-order chi connectivity index (χ1) is 12.5. The molecule has 0 bridgehead atoms. The van der Waals surface area contributed by atoms with Crippen molar-refractivity contribution < 1.29 is 14.2 Å². The molecule has 2 aromatic carbocycles. The monoisotopic (exact) mass is 351 g/mol. The van der Waals surface area contributed by atoms with Crippen LogP contribution in [0.5, 0.6) is 0 Å². The lowest BCUT2D eigenvalue weighted by molar-refractivity contribution is -0.117. The number of carbonyl (C=O) groups is 1. The molecule has 0 aliphatic rings. The second-order valence-electron chi connectivity index (χ2n) is 6.21. The van der Waals surface area contributed by atoms with Crippen LogP contribution < -0.4 is 16.5 Å². The molecule has 0 saturated carbocycles. The van der Waals surface area contributed by atoms with Crippen LogP contribution in [0.1, 0.15) is 11.5 Å². The van der Waals surface area contributed by atoms with Crippen LogP contribution in [-0.4, -0.2) is 29.4 Å². The molecule has 132 valence electrons. The third-order valence-corrected chi connectivity index (χ3v) is 4.29. The summed E-state index contributed by atoms with van der Waals surface area (Å²) < 4.78 is 13.9. The number of rotatable bonds is 5. The van der Waals surface area contributed by atoms with Gasteiger partial charge < -0.3 is 16.1 Å². The van der Waals surface area contributed by atoms with Crippen LogP contribution in [0.25, 0.3) is 10.8 Å². The van der Waals surface area contributed by atoms with Crippen molar-refractivity contribution >= 4 is 34.7 Å². The van der Waals surface area contributed by atoms with Gasteiger partial charge in [-0.15, -0.1) is 0 Å². The highest BCUT2D eigenvalue weighted by atomic mass is 19.1. The number of nitrogens with one attached hydrogen (secondary N) is 1. The van der Waals surface area contributed by atoms with E-state index in [0.717, 1.165) is 10.8 Å². The van der Waals surface area contributed by atoms with Gasteiger partial charge in [0.2, 0.25) is 5.91 Å². The van der Waals surface area contributed by atoms with E-state index in [0.29, 0.717) is 16.7 Å². The molecule has 0 aliphatic carbocycles. The molecule has 0 aliphatic heterocycles. The zero-order valence-corrected chi connectivity index (χ0v) is 14.3. The van der Waals surface area contributed by atoms with E-state index >= 15 is 0 Å². The number of pyridine rings is 1. The van der Waals surface area contributed by atoms with Crippen LogP contribution in [0.4, 0.5) is 10.1 Å². The van der Waals surface area contributed by atoms with Crippen LogP contribution in [0.2, 0.25) is 6.82 Å². The summed E-state index contributed by atoms with van der Waals surface area (Å²) in [6, 6.07) is 11.5. The van der Waals surface area contributed by atoms with E-state index in [9.17, 15) is 14.2 Å². The van der Waals surface area contributed by atoms with Gasteiger partial charge in [-0.2, -0.15) is 0 Å². The van der Waals surface area contributed by atoms with Gasteiger partial charge in [0.15, 0.2) is 0 Å². The highest BCUT2D eigenvalue weighted by Gasteiger charge is 2.22. The Kier molecular flexibility index (Phi) is 5.30. The Balaban J connectivity index is 1.86. The number of halogens is 1. The lowest BCUT2D eigenvalue weighted by atomic mass is 9.64. The van der Waals surface area contributed by atoms with Crippen LogP contribution in [0.15, 0.2) is 54.9 Å². The highest BCUT2D eigenvalue weighted by Crippen LogP contribution is 2.21. The minimum Gasteiger partial charge on any atom is -0.446 e. The van der Waals surface area contributed by atoms with Gasteiger partial charge in [-0.1, -0.05) is 19.0 Å². The summed E-state index contributed by atoms with van der Waals surface area (Å²) in [4.78, 5) is 16.7. The molecule has 1 unspecified atom stereocenters. The van der Waals surface area contributed by atoms with Crippen molar-refractivity contribution in [2.24, 2.45) is 5.73 Å². The smallest absolute Gasteiger partial charge is 0.320 e. The molecule has 1 heterocycles. The summed E-state index contributed by atoms with van der Waals surface area (Å²) in [6.45, 7) is 0.728. The molecule has 5 nitrogen and oxygen atoms in total. The summed E-state index contributed by atoms with van der Waals surface area (Å²) >= 11 is 0. The predicted molar refractivity (Wildman–Crippen MR) is 102 cm³/mol. The number of fused-ring (bicyclic) bond motifs is 1. The first-order valence-electron chi connectivity index (χ1n) is 8.31. The Morgan fingerprint density at radius 1 is 1.27 bits per heavy atom. The van der Waals surface area contributed by atoms with Crippen LogP contribution in [0, 0.1) is 5.82 Å².